The number of alkyl halides is 3. The average Bonchev–Trinajstić information content (AvgIpc) is 2.79. The third-order valence-corrected chi connectivity index (χ3v) is 6.14. The second-order valence-electron chi connectivity index (χ2n) is 8.19. The number of rotatable bonds is 4. The summed E-state index contributed by atoms with van der Waals surface area (Å²) in [6.07, 6.45) is -0.887. The van der Waals surface area contributed by atoms with E-state index in [9.17, 15) is 18.0 Å². The zero-order valence-electron chi connectivity index (χ0n) is 18.3. The Morgan fingerprint density at radius 3 is 2.16 bits per heavy atom. The molecule has 2 aliphatic heterocycles. The molecule has 3 rings (SSSR count). The van der Waals surface area contributed by atoms with Crippen LogP contribution in [0.4, 0.5) is 13.2 Å². The van der Waals surface area contributed by atoms with Crippen molar-refractivity contribution in [2.75, 3.05) is 46.3 Å². The van der Waals surface area contributed by atoms with Gasteiger partial charge in [-0.1, -0.05) is 12.1 Å². The Morgan fingerprint density at radius 1 is 1.00 bits per heavy atom. The lowest BCUT2D eigenvalue weighted by Gasteiger charge is -2.39. The number of aliphatic imine (C=N–C) groups is 1. The lowest BCUT2D eigenvalue weighted by Crippen LogP contribution is -2.56. The highest BCUT2D eigenvalue weighted by molar-refractivity contribution is 5.94. The van der Waals surface area contributed by atoms with Crippen LogP contribution in [0.3, 0.4) is 0 Å². The highest BCUT2D eigenvalue weighted by Crippen LogP contribution is 2.25. The number of nitrogens with zero attached hydrogens (tertiary/aromatic N) is 4. The summed E-state index contributed by atoms with van der Waals surface area (Å²) in [7, 11) is 1.67. The van der Waals surface area contributed by atoms with E-state index in [0.29, 0.717) is 44.2 Å². The van der Waals surface area contributed by atoms with E-state index in [1.54, 1.807) is 7.05 Å². The third-order valence-electron chi connectivity index (χ3n) is 6.14. The number of nitrogens with one attached hydrogen (secondary N) is 1. The molecule has 0 saturated carbocycles. The molecular formula is C22H32F3N5O. The highest BCUT2D eigenvalue weighted by Gasteiger charge is 2.41. The van der Waals surface area contributed by atoms with Gasteiger partial charge in [0.15, 0.2) is 5.96 Å². The van der Waals surface area contributed by atoms with Crippen molar-refractivity contribution in [3.05, 3.63) is 35.4 Å². The zero-order valence-corrected chi connectivity index (χ0v) is 18.3. The number of benzene rings is 1. The van der Waals surface area contributed by atoms with Gasteiger partial charge >= 0.3 is 6.18 Å². The number of carbonyl (C=O) groups excluding carboxylic acids is 1. The molecule has 6 nitrogen and oxygen atoms in total. The number of guanidine groups is 1. The smallest absolute Gasteiger partial charge is 0.352 e. The van der Waals surface area contributed by atoms with Crippen LogP contribution < -0.4 is 5.32 Å². The highest BCUT2D eigenvalue weighted by atomic mass is 19.4. The molecule has 31 heavy (non-hydrogen) atoms. The van der Waals surface area contributed by atoms with E-state index in [1.807, 2.05) is 34.1 Å². The molecule has 1 amide bonds. The Balaban J connectivity index is 1.49. The van der Waals surface area contributed by atoms with E-state index in [-0.39, 0.29) is 5.91 Å². The molecule has 2 fully saturated rings. The van der Waals surface area contributed by atoms with Gasteiger partial charge in [-0.25, -0.2) is 0 Å². The van der Waals surface area contributed by atoms with E-state index >= 15 is 0 Å². The van der Waals surface area contributed by atoms with Crippen LogP contribution in [-0.2, 0) is 6.54 Å². The van der Waals surface area contributed by atoms with Gasteiger partial charge in [-0.15, -0.1) is 0 Å². The molecule has 1 unspecified atom stereocenters. The van der Waals surface area contributed by atoms with Crippen LogP contribution in [0.1, 0.15) is 42.1 Å². The topological polar surface area (TPSA) is 51.2 Å². The Kier molecular flexibility index (Phi) is 7.80. The van der Waals surface area contributed by atoms with Crippen molar-refractivity contribution < 1.29 is 18.0 Å². The van der Waals surface area contributed by atoms with Gasteiger partial charge in [-0.2, -0.15) is 13.2 Å². The molecule has 1 N–H and O–H groups in total. The lowest BCUT2D eigenvalue weighted by atomic mass is 10.1. The molecule has 0 aromatic heterocycles. The van der Waals surface area contributed by atoms with E-state index in [4.69, 9.17) is 0 Å². The molecule has 9 heteroatoms. The third kappa shape index (κ3) is 6.12. The van der Waals surface area contributed by atoms with E-state index in [1.165, 1.54) is 18.2 Å². The Bertz CT molecular complexity index is 751. The molecule has 172 valence electrons. The largest absolute Gasteiger partial charge is 0.403 e. The number of carbonyl (C=O) groups is 1. The van der Waals surface area contributed by atoms with E-state index < -0.39 is 12.2 Å². The number of likely N-dealkylation sites (tertiary alicyclic amines) is 1. The molecule has 2 saturated heterocycles. The predicted molar refractivity (Wildman–Crippen MR) is 115 cm³/mol. The Labute approximate surface area is 182 Å². The molecule has 0 bridgehead atoms. The summed E-state index contributed by atoms with van der Waals surface area (Å²) in [5.41, 5.74) is 1.71. The van der Waals surface area contributed by atoms with Gasteiger partial charge in [-0.05, 0) is 43.9 Å². The molecule has 0 aliphatic carbocycles. The van der Waals surface area contributed by atoms with Crippen LogP contribution in [0.5, 0.6) is 0 Å². The molecule has 0 radical (unpaired) electrons. The minimum Gasteiger partial charge on any atom is -0.352 e. The minimum absolute atomic E-state index is 0.0842. The summed E-state index contributed by atoms with van der Waals surface area (Å²) in [5.74, 6) is 0.758. The molecule has 2 heterocycles. The maximum absolute atomic E-state index is 12.9. The van der Waals surface area contributed by atoms with Crippen molar-refractivity contribution in [1.29, 1.82) is 0 Å². The second-order valence-corrected chi connectivity index (χ2v) is 8.19. The number of amides is 1. The summed E-state index contributed by atoms with van der Waals surface area (Å²) in [6.45, 7) is 5.06. The fourth-order valence-corrected chi connectivity index (χ4v) is 4.09. The Hall–Kier alpha value is -2.29. The first-order valence-corrected chi connectivity index (χ1v) is 10.9. The van der Waals surface area contributed by atoms with Crippen LogP contribution in [0, 0.1) is 0 Å². The summed E-state index contributed by atoms with van der Waals surface area (Å²) in [6, 6.07) is 6.14. The van der Waals surface area contributed by atoms with Crippen LogP contribution in [0.2, 0.25) is 0 Å². The average molecular weight is 440 g/mol. The van der Waals surface area contributed by atoms with Crippen molar-refractivity contribution in [2.24, 2.45) is 4.99 Å². The van der Waals surface area contributed by atoms with E-state index in [2.05, 4.69) is 10.3 Å². The van der Waals surface area contributed by atoms with Gasteiger partial charge in [-0.3, -0.25) is 14.7 Å². The summed E-state index contributed by atoms with van der Waals surface area (Å²) in [4.78, 5) is 22.2. The van der Waals surface area contributed by atoms with Gasteiger partial charge in [0.1, 0.15) is 6.04 Å². The normalized spacial score (nSPS) is 20.0. The zero-order chi connectivity index (χ0) is 22.4. The number of piperazine rings is 1. The number of hydrogen-bond acceptors (Lipinski definition) is 3. The van der Waals surface area contributed by atoms with Crippen molar-refractivity contribution in [1.82, 2.24) is 20.0 Å². The Morgan fingerprint density at radius 2 is 1.61 bits per heavy atom. The van der Waals surface area contributed by atoms with Gasteiger partial charge in [0.2, 0.25) is 0 Å². The van der Waals surface area contributed by atoms with Crippen molar-refractivity contribution in [3.63, 3.8) is 0 Å². The lowest BCUT2D eigenvalue weighted by molar-refractivity contribution is -0.181. The van der Waals surface area contributed by atoms with Crippen LogP contribution in [-0.4, -0.2) is 85.1 Å². The number of hydrogen-bond donors (Lipinski definition) is 1. The summed E-state index contributed by atoms with van der Waals surface area (Å²) < 4.78 is 38.8. The van der Waals surface area contributed by atoms with Gasteiger partial charge in [0, 0.05) is 58.4 Å². The number of piperidine rings is 1. The molecule has 0 spiro atoms. The fraction of sp³-hybridized carbons (Fsp3) is 0.636. The van der Waals surface area contributed by atoms with Crippen molar-refractivity contribution >= 4 is 11.9 Å². The SMILES string of the molecule is CN=C(NCc1ccc(C(=O)N2CCCCC2)cc1)N1CCN(C(C)C(F)(F)F)CC1. The standard InChI is InChI=1S/C22H32F3N5O/c1-17(22(23,24)25)28-12-14-30(15-13-28)21(26-2)27-16-18-6-8-19(9-7-18)20(31)29-10-4-3-5-11-29/h6-9,17H,3-5,10-16H2,1-2H3,(H,26,27). The monoisotopic (exact) mass is 439 g/mol. The predicted octanol–water partition coefficient (Wildman–Crippen LogP) is 2.96. The molecule has 1 atom stereocenters. The fourth-order valence-electron chi connectivity index (χ4n) is 4.09. The first kappa shape index (κ1) is 23.4. The summed E-state index contributed by atoms with van der Waals surface area (Å²) in [5, 5.41) is 3.28. The van der Waals surface area contributed by atoms with Crippen molar-refractivity contribution in [3.8, 4) is 0 Å². The van der Waals surface area contributed by atoms with E-state index in [0.717, 1.165) is 31.5 Å². The minimum atomic E-state index is -4.20. The van der Waals surface area contributed by atoms with Crippen LogP contribution in [0.15, 0.2) is 29.3 Å². The second kappa shape index (κ2) is 10.3. The molecule has 1 aromatic carbocycles. The first-order valence-electron chi connectivity index (χ1n) is 10.9. The molecule has 2 aliphatic rings. The first-order chi connectivity index (χ1) is 14.8. The van der Waals surface area contributed by atoms with Gasteiger partial charge in [0.25, 0.3) is 5.91 Å². The maximum atomic E-state index is 12.9. The molecule has 1 aromatic rings. The van der Waals surface area contributed by atoms with Crippen LogP contribution >= 0.6 is 0 Å². The molecular weight excluding hydrogens is 407 g/mol. The maximum Gasteiger partial charge on any atom is 0.403 e. The van der Waals surface area contributed by atoms with Gasteiger partial charge < -0.3 is 15.1 Å². The van der Waals surface area contributed by atoms with Gasteiger partial charge in [0.05, 0.1) is 0 Å². The number of halogens is 3. The van der Waals surface area contributed by atoms with Crippen LogP contribution in [0.25, 0.3) is 0 Å². The summed E-state index contributed by atoms with van der Waals surface area (Å²) >= 11 is 0. The quantitative estimate of drug-likeness (QED) is 0.579. The van der Waals surface area contributed by atoms with Crippen molar-refractivity contribution in [2.45, 2.75) is 44.9 Å².